The van der Waals surface area contributed by atoms with Gasteiger partial charge in [-0.15, -0.1) is 0 Å². The van der Waals surface area contributed by atoms with E-state index in [1.165, 1.54) is 0 Å². The topological polar surface area (TPSA) is 63.6 Å². The predicted octanol–water partition coefficient (Wildman–Crippen LogP) is 3.01. The molecular weight excluding hydrogens is 256 g/mol. The molecule has 1 aliphatic rings. The predicted molar refractivity (Wildman–Crippen MR) is 73.9 cm³/mol. The van der Waals surface area contributed by atoms with Crippen molar-refractivity contribution in [3.05, 3.63) is 35.9 Å². The smallest absolute Gasteiger partial charge is 0.306 e. The summed E-state index contributed by atoms with van der Waals surface area (Å²) in [6.45, 7) is 0.310. The number of esters is 1. The monoisotopic (exact) mass is 276 g/mol. The van der Waals surface area contributed by atoms with Crippen molar-refractivity contribution >= 4 is 11.9 Å². The number of ether oxygens (including phenoxy) is 1. The van der Waals surface area contributed by atoms with Crippen molar-refractivity contribution in [3.63, 3.8) is 0 Å². The average Bonchev–Trinajstić information content (AvgIpc) is 2.47. The van der Waals surface area contributed by atoms with Crippen LogP contribution in [0.15, 0.2) is 30.3 Å². The Hall–Kier alpha value is -1.84. The molecule has 0 radical (unpaired) electrons. The lowest BCUT2D eigenvalue weighted by Crippen LogP contribution is -2.23. The molecule has 1 saturated carbocycles. The maximum absolute atomic E-state index is 11.8. The second-order valence-electron chi connectivity index (χ2n) is 5.41. The lowest BCUT2D eigenvalue weighted by molar-refractivity contribution is -0.146. The van der Waals surface area contributed by atoms with Gasteiger partial charge in [-0.05, 0) is 37.2 Å². The van der Waals surface area contributed by atoms with Crippen molar-refractivity contribution in [3.8, 4) is 0 Å². The van der Waals surface area contributed by atoms with Crippen molar-refractivity contribution in [1.29, 1.82) is 0 Å². The van der Waals surface area contributed by atoms with Gasteiger partial charge in [-0.25, -0.2) is 0 Å². The fraction of sp³-hybridized carbons (Fsp3) is 0.500. The van der Waals surface area contributed by atoms with E-state index in [1.807, 2.05) is 30.3 Å². The molecule has 0 aromatic heterocycles. The van der Waals surface area contributed by atoms with Gasteiger partial charge in [0.1, 0.15) is 6.61 Å². The highest BCUT2D eigenvalue weighted by Crippen LogP contribution is 2.31. The van der Waals surface area contributed by atoms with Crippen LogP contribution in [0.5, 0.6) is 0 Å². The summed E-state index contributed by atoms with van der Waals surface area (Å²) in [6.07, 6.45) is 3.35. The van der Waals surface area contributed by atoms with E-state index in [9.17, 15) is 9.59 Å². The number of hydrogen-bond acceptors (Lipinski definition) is 3. The van der Waals surface area contributed by atoms with Crippen molar-refractivity contribution in [2.75, 3.05) is 0 Å². The summed E-state index contributed by atoms with van der Waals surface area (Å²) >= 11 is 0. The quantitative estimate of drug-likeness (QED) is 0.840. The Bertz CT molecular complexity index is 447. The van der Waals surface area contributed by atoms with Gasteiger partial charge in [0.25, 0.3) is 0 Å². The molecule has 4 nitrogen and oxygen atoms in total. The van der Waals surface area contributed by atoms with Crippen LogP contribution in [-0.2, 0) is 20.9 Å². The fourth-order valence-corrected chi connectivity index (χ4v) is 2.65. The van der Waals surface area contributed by atoms with Gasteiger partial charge >= 0.3 is 11.9 Å². The summed E-state index contributed by atoms with van der Waals surface area (Å²) in [4.78, 5) is 22.6. The molecule has 0 unspecified atom stereocenters. The Labute approximate surface area is 118 Å². The molecule has 2 rings (SSSR count). The van der Waals surface area contributed by atoms with Crippen LogP contribution in [0.4, 0.5) is 0 Å². The number of hydrogen-bond donors (Lipinski definition) is 1. The number of carbonyl (C=O) groups is 2. The third kappa shape index (κ3) is 4.37. The van der Waals surface area contributed by atoms with E-state index in [0.717, 1.165) is 18.4 Å². The van der Waals surface area contributed by atoms with Crippen LogP contribution in [0, 0.1) is 11.8 Å². The second-order valence-corrected chi connectivity index (χ2v) is 5.41. The molecule has 0 atom stereocenters. The van der Waals surface area contributed by atoms with E-state index < -0.39 is 5.97 Å². The number of aliphatic carboxylic acids is 1. The third-order valence-corrected chi connectivity index (χ3v) is 3.89. The zero-order valence-corrected chi connectivity index (χ0v) is 11.5. The SMILES string of the molecule is O=C(C[C@H]1CC[C@H](C(=O)O)CC1)OCc1ccccc1. The molecule has 108 valence electrons. The van der Waals surface area contributed by atoms with Gasteiger partial charge in [0.2, 0.25) is 0 Å². The van der Waals surface area contributed by atoms with Gasteiger partial charge in [0.15, 0.2) is 0 Å². The van der Waals surface area contributed by atoms with Crippen LogP contribution in [0.25, 0.3) is 0 Å². The molecule has 0 spiro atoms. The summed E-state index contributed by atoms with van der Waals surface area (Å²) in [6, 6.07) is 9.59. The summed E-state index contributed by atoms with van der Waals surface area (Å²) in [5.41, 5.74) is 0.982. The first-order chi connectivity index (χ1) is 9.65. The average molecular weight is 276 g/mol. The van der Waals surface area contributed by atoms with Gasteiger partial charge in [0.05, 0.1) is 5.92 Å². The van der Waals surface area contributed by atoms with E-state index in [4.69, 9.17) is 9.84 Å². The minimum Gasteiger partial charge on any atom is -0.481 e. The molecule has 0 heterocycles. The summed E-state index contributed by atoms with van der Waals surface area (Å²) in [7, 11) is 0. The maximum Gasteiger partial charge on any atom is 0.306 e. The molecule has 1 aromatic rings. The van der Waals surface area contributed by atoms with Crippen LogP contribution in [0.2, 0.25) is 0 Å². The highest BCUT2D eigenvalue weighted by Gasteiger charge is 2.27. The molecule has 0 bridgehead atoms. The van der Waals surface area contributed by atoms with E-state index in [0.29, 0.717) is 25.9 Å². The minimum atomic E-state index is -0.713. The number of benzene rings is 1. The first-order valence-electron chi connectivity index (χ1n) is 7.07. The normalized spacial score (nSPS) is 22.2. The molecule has 1 fully saturated rings. The van der Waals surface area contributed by atoms with Crippen LogP contribution in [0.3, 0.4) is 0 Å². The number of carboxylic acids is 1. The fourth-order valence-electron chi connectivity index (χ4n) is 2.65. The van der Waals surface area contributed by atoms with Gasteiger partial charge in [0, 0.05) is 6.42 Å². The standard InChI is InChI=1S/C16H20O4/c17-15(20-11-13-4-2-1-3-5-13)10-12-6-8-14(9-7-12)16(18)19/h1-5,12,14H,6-11H2,(H,18,19)/t12-,14-. The van der Waals surface area contributed by atoms with Crippen molar-refractivity contribution < 1.29 is 19.4 Å². The van der Waals surface area contributed by atoms with Crippen molar-refractivity contribution in [2.45, 2.75) is 38.7 Å². The third-order valence-electron chi connectivity index (χ3n) is 3.89. The van der Waals surface area contributed by atoms with Crippen LogP contribution < -0.4 is 0 Å². The molecular formula is C16H20O4. The van der Waals surface area contributed by atoms with Crippen LogP contribution >= 0.6 is 0 Å². The van der Waals surface area contributed by atoms with Gasteiger partial charge in [-0.1, -0.05) is 30.3 Å². The van der Waals surface area contributed by atoms with E-state index in [-0.39, 0.29) is 17.8 Å². The van der Waals surface area contributed by atoms with Gasteiger partial charge in [-0.2, -0.15) is 0 Å². The molecule has 0 saturated heterocycles. The number of rotatable bonds is 5. The Morgan fingerprint density at radius 2 is 1.75 bits per heavy atom. The highest BCUT2D eigenvalue weighted by atomic mass is 16.5. The summed E-state index contributed by atoms with van der Waals surface area (Å²) < 4.78 is 5.25. The Kier molecular flexibility index (Phi) is 5.16. The lowest BCUT2D eigenvalue weighted by Gasteiger charge is -2.25. The summed E-state index contributed by atoms with van der Waals surface area (Å²) in [5, 5.41) is 8.93. The van der Waals surface area contributed by atoms with Crippen molar-refractivity contribution in [1.82, 2.24) is 0 Å². The largest absolute Gasteiger partial charge is 0.481 e. The Morgan fingerprint density at radius 1 is 1.10 bits per heavy atom. The van der Waals surface area contributed by atoms with Crippen LogP contribution in [-0.4, -0.2) is 17.0 Å². The van der Waals surface area contributed by atoms with Crippen LogP contribution in [0.1, 0.15) is 37.7 Å². The minimum absolute atomic E-state index is 0.187. The maximum atomic E-state index is 11.8. The summed E-state index contributed by atoms with van der Waals surface area (Å²) in [5.74, 6) is -0.858. The van der Waals surface area contributed by atoms with E-state index in [2.05, 4.69) is 0 Å². The van der Waals surface area contributed by atoms with E-state index in [1.54, 1.807) is 0 Å². The first-order valence-corrected chi connectivity index (χ1v) is 7.07. The molecule has 0 amide bonds. The highest BCUT2D eigenvalue weighted by molar-refractivity contribution is 5.71. The lowest BCUT2D eigenvalue weighted by atomic mass is 9.80. The Morgan fingerprint density at radius 3 is 2.35 bits per heavy atom. The molecule has 1 N–H and O–H groups in total. The van der Waals surface area contributed by atoms with E-state index >= 15 is 0 Å². The van der Waals surface area contributed by atoms with Crippen molar-refractivity contribution in [2.24, 2.45) is 11.8 Å². The van der Waals surface area contributed by atoms with Gasteiger partial charge in [-0.3, -0.25) is 9.59 Å². The molecule has 1 aromatic carbocycles. The molecule has 4 heteroatoms. The van der Waals surface area contributed by atoms with Gasteiger partial charge < -0.3 is 9.84 Å². The second kappa shape index (κ2) is 7.08. The zero-order chi connectivity index (χ0) is 14.4. The molecule has 20 heavy (non-hydrogen) atoms. The first kappa shape index (κ1) is 14.6. The molecule has 0 aliphatic heterocycles. The Balaban J connectivity index is 1.69. The molecule has 1 aliphatic carbocycles. The zero-order valence-electron chi connectivity index (χ0n) is 11.5. The number of carboxylic acid groups (broad SMARTS) is 1. The number of carbonyl (C=O) groups excluding carboxylic acids is 1.